The molecule has 0 aliphatic carbocycles. The zero-order valence-corrected chi connectivity index (χ0v) is 17.9. The number of carbonyl (C=O) groups is 1. The molecule has 10 heteroatoms. The molecule has 5 nitrogen and oxygen atoms in total. The van der Waals surface area contributed by atoms with Gasteiger partial charge in [-0.25, -0.2) is 4.98 Å². The minimum absolute atomic E-state index is 0.0521. The van der Waals surface area contributed by atoms with Gasteiger partial charge in [-0.2, -0.15) is 0 Å². The number of nitrogens with one attached hydrogen (secondary N) is 2. The van der Waals surface area contributed by atoms with Crippen LogP contribution in [0, 0.1) is 0 Å². The van der Waals surface area contributed by atoms with Crippen LogP contribution in [0.4, 0.5) is 5.69 Å². The van der Waals surface area contributed by atoms with Crippen LogP contribution in [0.25, 0.3) is 12.2 Å². The van der Waals surface area contributed by atoms with E-state index in [0.717, 1.165) is 17.3 Å². The van der Waals surface area contributed by atoms with Gasteiger partial charge in [0.2, 0.25) is 11.1 Å². The molecular weight excluding hydrogens is 462 g/mol. The molecule has 2 aromatic carbocycles. The smallest absolute Gasteiger partial charge is 0.234 e. The highest BCUT2D eigenvalue weighted by atomic mass is 35.5. The Bertz CT molecular complexity index is 998. The van der Waals surface area contributed by atoms with Crippen LogP contribution >= 0.6 is 58.2 Å². The minimum atomic E-state index is -0.349. The summed E-state index contributed by atoms with van der Waals surface area (Å²) in [6.45, 7) is 0. The number of hydrogen-bond donors (Lipinski definition) is 2. The third-order valence-electron chi connectivity index (χ3n) is 3.42. The van der Waals surface area contributed by atoms with Crippen LogP contribution in [0.2, 0.25) is 20.1 Å². The van der Waals surface area contributed by atoms with Crippen LogP contribution in [0.1, 0.15) is 11.4 Å². The first-order chi connectivity index (χ1) is 13.4. The maximum Gasteiger partial charge on any atom is 0.234 e. The van der Waals surface area contributed by atoms with Crippen LogP contribution in [0.3, 0.4) is 0 Å². The molecule has 144 valence electrons. The van der Waals surface area contributed by atoms with Gasteiger partial charge in [-0.3, -0.25) is 9.89 Å². The number of rotatable bonds is 6. The zero-order chi connectivity index (χ0) is 20.1. The van der Waals surface area contributed by atoms with E-state index in [4.69, 9.17) is 46.4 Å². The second-order valence-corrected chi connectivity index (χ2v) is 7.94. The topological polar surface area (TPSA) is 70.7 Å². The number of hydrogen-bond acceptors (Lipinski definition) is 4. The second kappa shape index (κ2) is 9.67. The predicted octanol–water partition coefficient (Wildman–Crippen LogP) is 6.32. The molecule has 0 saturated carbocycles. The van der Waals surface area contributed by atoms with Gasteiger partial charge in [-0.15, -0.1) is 5.10 Å². The molecule has 3 rings (SSSR count). The van der Waals surface area contributed by atoms with Gasteiger partial charge < -0.3 is 5.32 Å². The Balaban J connectivity index is 1.59. The van der Waals surface area contributed by atoms with Crippen molar-refractivity contribution in [2.75, 3.05) is 11.1 Å². The maximum atomic E-state index is 12.2. The van der Waals surface area contributed by atoms with Crippen LogP contribution in [0.5, 0.6) is 0 Å². The van der Waals surface area contributed by atoms with Gasteiger partial charge in [-0.1, -0.05) is 94.6 Å². The number of H-pyrrole nitrogens is 1. The first-order valence-electron chi connectivity index (χ1n) is 7.85. The first-order valence-corrected chi connectivity index (χ1v) is 10.3. The lowest BCUT2D eigenvalue weighted by Crippen LogP contribution is -2.15. The Labute approximate surface area is 185 Å². The highest BCUT2D eigenvalue weighted by Crippen LogP contribution is 2.41. The molecule has 1 aromatic heterocycles. The number of benzene rings is 2. The summed E-state index contributed by atoms with van der Waals surface area (Å²) in [5.41, 5.74) is 1.22. The normalized spacial score (nSPS) is 11.1. The molecule has 0 aliphatic heterocycles. The Morgan fingerprint density at radius 3 is 2.43 bits per heavy atom. The van der Waals surface area contributed by atoms with Gasteiger partial charge in [0, 0.05) is 0 Å². The molecule has 3 aromatic rings. The van der Waals surface area contributed by atoms with Gasteiger partial charge in [0.1, 0.15) is 5.82 Å². The van der Waals surface area contributed by atoms with Crippen molar-refractivity contribution in [3.05, 3.63) is 67.9 Å². The molecule has 28 heavy (non-hydrogen) atoms. The summed E-state index contributed by atoms with van der Waals surface area (Å²) >= 11 is 25.3. The van der Waals surface area contributed by atoms with Gasteiger partial charge in [-0.05, 0) is 17.7 Å². The molecule has 0 bridgehead atoms. The summed E-state index contributed by atoms with van der Waals surface area (Å²) in [5.74, 6) is 0.286. The number of amides is 1. The van der Waals surface area contributed by atoms with Crippen molar-refractivity contribution in [1.29, 1.82) is 0 Å². The molecule has 0 fully saturated rings. The molecule has 1 heterocycles. The molecule has 0 spiro atoms. The number of thioether (sulfide) groups is 1. The number of anilines is 1. The molecule has 0 aliphatic rings. The van der Waals surface area contributed by atoms with Gasteiger partial charge in [0.05, 0.1) is 31.5 Å². The van der Waals surface area contributed by atoms with Crippen molar-refractivity contribution >= 4 is 81.9 Å². The summed E-state index contributed by atoms with van der Waals surface area (Å²) < 4.78 is 0. The van der Waals surface area contributed by atoms with E-state index in [-0.39, 0.29) is 37.4 Å². The lowest BCUT2D eigenvalue weighted by molar-refractivity contribution is -0.113. The summed E-state index contributed by atoms with van der Waals surface area (Å²) in [4.78, 5) is 16.5. The Morgan fingerprint density at radius 2 is 1.75 bits per heavy atom. The maximum absolute atomic E-state index is 12.2. The summed E-state index contributed by atoms with van der Waals surface area (Å²) in [7, 11) is 0. The van der Waals surface area contributed by atoms with Crippen LogP contribution in [-0.4, -0.2) is 26.8 Å². The Morgan fingerprint density at radius 1 is 1.07 bits per heavy atom. The van der Waals surface area contributed by atoms with Crippen molar-refractivity contribution in [2.45, 2.75) is 5.16 Å². The molecular formula is C18H12Cl4N4OS. The van der Waals surface area contributed by atoms with E-state index in [1.165, 1.54) is 6.07 Å². The number of halogens is 4. The predicted molar refractivity (Wildman–Crippen MR) is 118 cm³/mol. The average molecular weight is 474 g/mol. The summed E-state index contributed by atoms with van der Waals surface area (Å²) in [5, 5.41) is 10.6. The largest absolute Gasteiger partial charge is 0.323 e. The lowest BCUT2D eigenvalue weighted by Gasteiger charge is -2.11. The van der Waals surface area contributed by atoms with Crippen molar-refractivity contribution in [3.63, 3.8) is 0 Å². The summed E-state index contributed by atoms with van der Waals surface area (Å²) in [6.07, 6.45) is 3.72. The molecule has 0 unspecified atom stereocenters. The summed E-state index contributed by atoms with van der Waals surface area (Å²) in [6, 6.07) is 11.2. The zero-order valence-electron chi connectivity index (χ0n) is 14.0. The fourth-order valence-corrected chi connectivity index (χ4v) is 3.63. The van der Waals surface area contributed by atoms with E-state index in [2.05, 4.69) is 20.5 Å². The van der Waals surface area contributed by atoms with E-state index >= 15 is 0 Å². The number of carbonyl (C=O) groups excluding carboxylic acids is 1. The quantitative estimate of drug-likeness (QED) is 0.324. The van der Waals surface area contributed by atoms with Crippen LogP contribution < -0.4 is 5.32 Å². The third-order valence-corrected chi connectivity index (χ3v) is 5.85. The van der Waals surface area contributed by atoms with Crippen LogP contribution in [-0.2, 0) is 4.79 Å². The van der Waals surface area contributed by atoms with Crippen molar-refractivity contribution in [2.24, 2.45) is 0 Å². The highest BCUT2D eigenvalue weighted by Gasteiger charge is 2.17. The van der Waals surface area contributed by atoms with Crippen molar-refractivity contribution in [3.8, 4) is 0 Å². The van der Waals surface area contributed by atoms with Gasteiger partial charge >= 0.3 is 0 Å². The molecule has 1 amide bonds. The molecule has 0 atom stereocenters. The molecule has 0 radical (unpaired) electrons. The average Bonchev–Trinajstić information content (AvgIpc) is 3.15. The van der Waals surface area contributed by atoms with E-state index in [0.29, 0.717) is 11.0 Å². The van der Waals surface area contributed by atoms with Gasteiger partial charge in [0.25, 0.3) is 0 Å². The molecule has 0 saturated heterocycles. The monoisotopic (exact) mass is 472 g/mol. The number of nitrogens with zero attached hydrogens (tertiary/aromatic N) is 2. The Kier molecular flexibility index (Phi) is 7.26. The number of aromatic nitrogens is 3. The Hall–Kier alpha value is -1.70. The van der Waals surface area contributed by atoms with Crippen molar-refractivity contribution in [1.82, 2.24) is 15.2 Å². The third kappa shape index (κ3) is 5.43. The lowest BCUT2D eigenvalue weighted by atomic mass is 10.2. The van der Waals surface area contributed by atoms with Gasteiger partial charge in [0.15, 0.2) is 0 Å². The highest BCUT2D eigenvalue weighted by molar-refractivity contribution is 7.99. The van der Waals surface area contributed by atoms with E-state index < -0.39 is 0 Å². The number of aromatic amines is 1. The van der Waals surface area contributed by atoms with E-state index in [1.807, 2.05) is 36.4 Å². The van der Waals surface area contributed by atoms with E-state index in [9.17, 15) is 4.79 Å². The fraction of sp³-hybridized carbons (Fsp3) is 0.0556. The SMILES string of the molecule is O=C(CSc1n[nH]c(/C=C/c2ccccc2)n1)Nc1c(Cl)c(Cl)cc(Cl)c1Cl. The van der Waals surface area contributed by atoms with Crippen LogP contribution in [0.15, 0.2) is 41.6 Å². The fourth-order valence-electron chi connectivity index (χ4n) is 2.13. The standard InChI is InChI=1S/C18H12Cl4N4OS/c19-11-8-12(20)16(22)17(15(11)21)24-14(27)9-28-18-23-13(25-26-18)7-6-10-4-2-1-3-5-10/h1-8H,9H2,(H,24,27)(H,23,25,26)/b7-6+. The second-order valence-electron chi connectivity index (χ2n) is 5.43. The molecule has 2 N–H and O–H groups in total. The minimum Gasteiger partial charge on any atom is -0.323 e. The van der Waals surface area contributed by atoms with Crippen molar-refractivity contribution < 1.29 is 4.79 Å². The first kappa shape index (κ1) is 21.0. The van der Waals surface area contributed by atoms with E-state index in [1.54, 1.807) is 6.08 Å².